The fraction of sp³-hybridized carbons (Fsp3) is 0.250. The Morgan fingerprint density at radius 3 is 2.75 bits per heavy atom. The quantitative estimate of drug-likeness (QED) is 0.607. The fourth-order valence-corrected chi connectivity index (χ4v) is 0.928. The third-order valence-corrected chi connectivity index (χ3v) is 1.60. The van der Waals surface area contributed by atoms with Gasteiger partial charge >= 0.3 is 0 Å². The zero-order valence-corrected chi connectivity index (χ0v) is 6.37. The SMILES string of the molecule is NC[C@H](O)c1cccc(F)c1O. The lowest BCUT2D eigenvalue weighted by Gasteiger charge is -2.09. The van der Waals surface area contributed by atoms with E-state index in [0.29, 0.717) is 0 Å². The minimum atomic E-state index is -1.01. The van der Waals surface area contributed by atoms with Gasteiger partial charge in [-0.1, -0.05) is 12.1 Å². The number of halogens is 1. The van der Waals surface area contributed by atoms with Crippen LogP contribution in [0.5, 0.6) is 5.75 Å². The zero-order chi connectivity index (χ0) is 9.14. The monoisotopic (exact) mass is 171 g/mol. The molecule has 0 aliphatic rings. The molecule has 0 spiro atoms. The number of phenols is 1. The van der Waals surface area contributed by atoms with E-state index in [2.05, 4.69) is 0 Å². The molecule has 0 amide bonds. The van der Waals surface area contributed by atoms with Crippen LogP contribution in [-0.2, 0) is 0 Å². The Labute approximate surface area is 69.3 Å². The largest absolute Gasteiger partial charge is 0.505 e. The lowest BCUT2D eigenvalue weighted by atomic mass is 10.1. The summed E-state index contributed by atoms with van der Waals surface area (Å²) in [4.78, 5) is 0. The molecule has 1 atom stereocenters. The Bertz CT molecular complexity index is 278. The maximum atomic E-state index is 12.7. The van der Waals surface area contributed by atoms with Crippen LogP contribution in [0.15, 0.2) is 18.2 Å². The highest BCUT2D eigenvalue weighted by Crippen LogP contribution is 2.25. The van der Waals surface area contributed by atoms with E-state index in [1.165, 1.54) is 12.1 Å². The molecule has 4 N–H and O–H groups in total. The van der Waals surface area contributed by atoms with Crippen molar-refractivity contribution in [2.45, 2.75) is 6.10 Å². The second-order valence-electron chi connectivity index (χ2n) is 2.43. The highest BCUT2D eigenvalue weighted by Gasteiger charge is 2.12. The number of nitrogens with two attached hydrogens (primary N) is 1. The van der Waals surface area contributed by atoms with Gasteiger partial charge in [0.1, 0.15) is 0 Å². The first-order valence-electron chi connectivity index (χ1n) is 3.52. The number of aromatic hydroxyl groups is 1. The predicted octanol–water partition coefficient (Wildman–Crippen LogP) is 0.523. The molecule has 0 radical (unpaired) electrons. The van der Waals surface area contributed by atoms with Gasteiger partial charge in [0.15, 0.2) is 11.6 Å². The number of aliphatic hydroxyl groups excluding tert-OH is 1. The van der Waals surface area contributed by atoms with Crippen LogP contribution in [0.25, 0.3) is 0 Å². The number of phenolic OH excluding ortho intramolecular Hbond substituents is 1. The lowest BCUT2D eigenvalue weighted by molar-refractivity contribution is 0.181. The summed E-state index contributed by atoms with van der Waals surface area (Å²) in [6.45, 7) is -0.0446. The van der Waals surface area contributed by atoms with E-state index < -0.39 is 17.7 Å². The molecule has 0 bridgehead atoms. The minimum Gasteiger partial charge on any atom is -0.505 e. The summed E-state index contributed by atoms with van der Waals surface area (Å²) in [6.07, 6.45) is -1.01. The Hall–Kier alpha value is -1.13. The number of hydrogen-bond donors (Lipinski definition) is 3. The maximum Gasteiger partial charge on any atom is 0.165 e. The number of para-hydroxylation sites is 1. The van der Waals surface area contributed by atoms with Gasteiger partial charge in [-0.05, 0) is 6.07 Å². The average Bonchev–Trinajstić information content (AvgIpc) is 2.08. The molecule has 0 aliphatic heterocycles. The van der Waals surface area contributed by atoms with Crippen LogP contribution in [0, 0.1) is 5.82 Å². The molecular weight excluding hydrogens is 161 g/mol. The molecule has 4 heteroatoms. The van der Waals surface area contributed by atoms with Gasteiger partial charge in [0.2, 0.25) is 0 Å². The maximum absolute atomic E-state index is 12.7. The van der Waals surface area contributed by atoms with Crippen molar-refractivity contribution in [1.82, 2.24) is 0 Å². The average molecular weight is 171 g/mol. The summed E-state index contributed by atoms with van der Waals surface area (Å²) >= 11 is 0. The summed E-state index contributed by atoms with van der Waals surface area (Å²) in [5.74, 6) is -1.28. The van der Waals surface area contributed by atoms with Gasteiger partial charge in [0.25, 0.3) is 0 Å². The van der Waals surface area contributed by atoms with Gasteiger partial charge in [-0.15, -0.1) is 0 Å². The molecule has 1 rings (SSSR count). The van der Waals surface area contributed by atoms with Gasteiger partial charge in [-0.2, -0.15) is 0 Å². The van der Waals surface area contributed by atoms with Gasteiger partial charge in [0.05, 0.1) is 6.10 Å². The fourth-order valence-electron chi connectivity index (χ4n) is 0.928. The van der Waals surface area contributed by atoms with Crippen molar-refractivity contribution in [2.75, 3.05) is 6.54 Å². The minimum absolute atomic E-state index is 0.0446. The second kappa shape index (κ2) is 3.51. The molecule has 0 aliphatic carbocycles. The van der Waals surface area contributed by atoms with Crippen LogP contribution >= 0.6 is 0 Å². The smallest absolute Gasteiger partial charge is 0.165 e. The first-order chi connectivity index (χ1) is 5.66. The standard InChI is InChI=1S/C8H10FNO2/c9-6-3-1-2-5(8(6)12)7(11)4-10/h1-3,7,11-12H,4,10H2/t7-/m0/s1. The molecule has 0 fully saturated rings. The van der Waals surface area contributed by atoms with Crippen LogP contribution in [-0.4, -0.2) is 16.8 Å². The normalized spacial score (nSPS) is 12.9. The van der Waals surface area contributed by atoms with Crippen molar-refractivity contribution in [2.24, 2.45) is 5.73 Å². The second-order valence-corrected chi connectivity index (χ2v) is 2.43. The number of rotatable bonds is 2. The van der Waals surface area contributed by atoms with Gasteiger partial charge < -0.3 is 15.9 Å². The van der Waals surface area contributed by atoms with Crippen LogP contribution in [0.2, 0.25) is 0 Å². The summed E-state index contributed by atoms with van der Waals surface area (Å²) < 4.78 is 12.7. The molecule has 0 unspecified atom stereocenters. The van der Waals surface area contributed by atoms with Gasteiger partial charge in [-0.25, -0.2) is 4.39 Å². The lowest BCUT2D eigenvalue weighted by Crippen LogP contribution is -2.11. The third-order valence-electron chi connectivity index (χ3n) is 1.60. The van der Waals surface area contributed by atoms with Crippen LogP contribution in [0.3, 0.4) is 0 Å². The molecule has 0 saturated carbocycles. The van der Waals surface area contributed by atoms with E-state index in [4.69, 9.17) is 10.8 Å². The van der Waals surface area contributed by atoms with Crippen LogP contribution in [0.1, 0.15) is 11.7 Å². The molecule has 1 aromatic rings. The first kappa shape index (κ1) is 8.96. The Balaban J connectivity index is 3.07. The van der Waals surface area contributed by atoms with Crippen molar-refractivity contribution < 1.29 is 14.6 Å². The molecule has 3 nitrogen and oxygen atoms in total. The molecule has 0 saturated heterocycles. The topological polar surface area (TPSA) is 66.5 Å². The number of aliphatic hydroxyl groups is 1. The molecular formula is C8H10FNO2. The van der Waals surface area contributed by atoms with Crippen molar-refractivity contribution in [3.8, 4) is 5.75 Å². The molecule has 66 valence electrons. The van der Waals surface area contributed by atoms with Gasteiger partial charge in [-0.3, -0.25) is 0 Å². The van der Waals surface area contributed by atoms with E-state index in [1.807, 2.05) is 0 Å². The Kier molecular flexibility index (Phi) is 2.62. The molecule has 1 aromatic carbocycles. The van der Waals surface area contributed by atoms with Crippen molar-refractivity contribution >= 4 is 0 Å². The summed E-state index contributed by atoms with van der Waals surface area (Å²) in [7, 11) is 0. The van der Waals surface area contributed by atoms with Crippen LogP contribution in [0.4, 0.5) is 4.39 Å². The van der Waals surface area contributed by atoms with E-state index in [9.17, 15) is 9.50 Å². The summed E-state index contributed by atoms with van der Waals surface area (Å²) in [5.41, 5.74) is 5.26. The van der Waals surface area contributed by atoms with E-state index in [-0.39, 0.29) is 12.1 Å². The summed E-state index contributed by atoms with van der Waals surface area (Å²) in [6, 6.07) is 3.95. The highest BCUT2D eigenvalue weighted by molar-refractivity contribution is 5.35. The zero-order valence-electron chi connectivity index (χ0n) is 6.37. The van der Waals surface area contributed by atoms with E-state index in [1.54, 1.807) is 0 Å². The first-order valence-corrected chi connectivity index (χ1v) is 3.52. The number of benzene rings is 1. The molecule has 0 heterocycles. The van der Waals surface area contributed by atoms with E-state index >= 15 is 0 Å². The van der Waals surface area contributed by atoms with Gasteiger partial charge in [0, 0.05) is 12.1 Å². The molecule has 0 aromatic heterocycles. The number of hydrogen-bond acceptors (Lipinski definition) is 3. The highest BCUT2D eigenvalue weighted by atomic mass is 19.1. The summed E-state index contributed by atoms with van der Waals surface area (Å²) in [5, 5.41) is 18.3. The van der Waals surface area contributed by atoms with Crippen molar-refractivity contribution in [3.63, 3.8) is 0 Å². The Morgan fingerprint density at radius 1 is 1.50 bits per heavy atom. The van der Waals surface area contributed by atoms with Crippen molar-refractivity contribution in [3.05, 3.63) is 29.6 Å². The third kappa shape index (κ3) is 1.54. The van der Waals surface area contributed by atoms with Crippen molar-refractivity contribution in [1.29, 1.82) is 0 Å². The van der Waals surface area contributed by atoms with Crippen LogP contribution < -0.4 is 5.73 Å². The molecule has 12 heavy (non-hydrogen) atoms. The Morgan fingerprint density at radius 2 is 2.17 bits per heavy atom. The van der Waals surface area contributed by atoms with E-state index in [0.717, 1.165) is 6.07 Å². The predicted molar refractivity (Wildman–Crippen MR) is 42.1 cm³/mol.